The number of nitrogens with one attached hydrogen (secondary N) is 2. The lowest BCUT2D eigenvalue weighted by Gasteiger charge is -2.20. The van der Waals surface area contributed by atoms with E-state index in [2.05, 4.69) is 15.6 Å². The number of benzene rings is 1. The number of carbonyl (C=O) groups is 3. The summed E-state index contributed by atoms with van der Waals surface area (Å²) in [6.07, 6.45) is -3.28. The third kappa shape index (κ3) is 6.03. The Morgan fingerprint density at radius 1 is 1.03 bits per heavy atom. The first-order valence-corrected chi connectivity index (χ1v) is 9.32. The molecule has 0 fully saturated rings. The van der Waals surface area contributed by atoms with Gasteiger partial charge < -0.3 is 10.6 Å². The fourth-order valence-corrected chi connectivity index (χ4v) is 2.49. The van der Waals surface area contributed by atoms with Crippen molar-refractivity contribution in [3.8, 4) is 0 Å². The molecule has 0 spiro atoms. The first-order valence-electron chi connectivity index (χ1n) is 8.88. The van der Waals surface area contributed by atoms with Crippen LogP contribution in [0.1, 0.15) is 29.8 Å². The van der Waals surface area contributed by atoms with Crippen molar-refractivity contribution < 1.29 is 27.6 Å². The molecule has 0 aliphatic heterocycles. The van der Waals surface area contributed by atoms with Gasteiger partial charge in [0.25, 0.3) is 5.91 Å². The van der Waals surface area contributed by atoms with E-state index in [0.717, 1.165) is 18.2 Å². The third-order valence-corrected chi connectivity index (χ3v) is 4.74. The Morgan fingerprint density at radius 2 is 1.73 bits per heavy atom. The van der Waals surface area contributed by atoms with Gasteiger partial charge in [-0.2, -0.15) is 13.2 Å². The zero-order chi connectivity index (χ0) is 22.5. The lowest BCUT2D eigenvalue weighted by Crippen LogP contribution is -2.51. The summed E-state index contributed by atoms with van der Waals surface area (Å²) in [5.74, 6) is -2.99. The van der Waals surface area contributed by atoms with Gasteiger partial charge in [0, 0.05) is 11.8 Å². The molecule has 0 aliphatic carbocycles. The molecular formula is C20H19ClF3N3O3. The van der Waals surface area contributed by atoms with Crippen molar-refractivity contribution in [3.05, 3.63) is 59.8 Å². The minimum atomic E-state index is -4.68. The third-order valence-electron chi connectivity index (χ3n) is 4.04. The van der Waals surface area contributed by atoms with Gasteiger partial charge in [-0.15, -0.1) is 11.6 Å². The van der Waals surface area contributed by atoms with Gasteiger partial charge in [0.2, 0.25) is 5.91 Å². The normalized spacial score (nSPS) is 13.4. The summed E-state index contributed by atoms with van der Waals surface area (Å²) in [4.78, 5) is 41.8. The van der Waals surface area contributed by atoms with E-state index in [1.165, 1.54) is 12.3 Å². The number of amides is 2. The Hall–Kier alpha value is -2.94. The summed E-state index contributed by atoms with van der Waals surface area (Å²) in [6, 6.07) is 6.42. The Bertz CT molecular complexity index is 920. The number of halogens is 4. The first kappa shape index (κ1) is 23.3. The molecule has 2 N–H and O–H groups in total. The number of nitrogens with zero attached hydrogens (tertiary/aromatic N) is 1. The lowest BCUT2D eigenvalue weighted by molar-refractivity contribution is -0.137. The van der Waals surface area contributed by atoms with E-state index in [1.807, 2.05) is 0 Å². The molecule has 0 bridgehead atoms. The van der Waals surface area contributed by atoms with Crippen LogP contribution in [-0.4, -0.2) is 34.0 Å². The minimum Gasteiger partial charge on any atom is -0.337 e. The molecular weight excluding hydrogens is 423 g/mol. The molecule has 2 atom stereocenters. The monoisotopic (exact) mass is 441 g/mol. The standard InChI is InChI=1S/C20H19ClF3N3O3/c1-11(2)15(21)18(29)27-16(19(30)26-14-8-3-4-9-25-14)17(28)12-6-5-7-13(10-12)20(22,23)24/h3-11,15-16H,1-2H3,(H,27,29)(H,25,26,30). The summed E-state index contributed by atoms with van der Waals surface area (Å²) >= 11 is 5.99. The zero-order valence-electron chi connectivity index (χ0n) is 16.0. The van der Waals surface area contributed by atoms with Gasteiger partial charge in [-0.1, -0.05) is 32.0 Å². The smallest absolute Gasteiger partial charge is 0.337 e. The number of hydrogen-bond acceptors (Lipinski definition) is 4. The van der Waals surface area contributed by atoms with Gasteiger partial charge >= 0.3 is 6.18 Å². The lowest BCUT2D eigenvalue weighted by atomic mass is 10.00. The van der Waals surface area contributed by atoms with E-state index in [4.69, 9.17) is 11.6 Å². The summed E-state index contributed by atoms with van der Waals surface area (Å²) in [5, 5.41) is 3.54. The highest BCUT2D eigenvalue weighted by molar-refractivity contribution is 6.31. The fourth-order valence-electron chi connectivity index (χ4n) is 2.43. The number of alkyl halides is 4. The predicted molar refractivity (Wildman–Crippen MR) is 105 cm³/mol. The largest absolute Gasteiger partial charge is 0.416 e. The quantitative estimate of drug-likeness (QED) is 0.390. The van der Waals surface area contributed by atoms with E-state index < -0.39 is 40.8 Å². The number of rotatable bonds is 7. The van der Waals surface area contributed by atoms with Gasteiger partial charge in [0.15, 0.2) is 11.8 Å². The van der Waals surface area contributed by atoms with Crippen molar-refractivity contribution in [1.82, 2.24) is 10.3 Å². The van der Waals surface area contributed by atoms with Crippen LogP contribution in [-0.2, 0) is 15.8 Å². The van der Waals surface area contributed by atoms with Crippen LogP contribution < -0.4 is 10.6 Å². The van der Waals surface area contributed by atoms with Crippen LogP contribution in [0.25, 0.3) is 0 Å². The van der Waals surface area contributed by atoms with Gasteiger partial charge in [0.05, 0.1) is 5.56 Å². The Balaban J connectivity index is 2.35. The minimum absolute atomic E-state index is 0.102. The highest BCUT2D eigenvalue weighted by Gasteiger charge is 2.35. The van der Waals surface area contributed by atoms with E-state index in [9.17, 15) is 27.6 Å². The van der Waals surface area contributed by atoms with Crippen molar-refractivity contribution in [3.63, 3.8) is 0 Å². The van der Waals surface area contributed by atoms with Crippen molar-refractivity contribution >= 4 is 35.0 Å². The van der Waals surface area contributed by atoms with Crippen LogP contribution in [0.5, 0.6) is 0 Å². The average Bonchev–Trinajstić information content (AvgIpc) is 2.70. The van der Waals surface area contributed by atoms with Gasteiger partial charge in [0.1, 0.15) is 11.2 Å². The molecule has 160 valence electrons. The molecule has 2 amide bonds. The topological polar surface area (TPSA) is 88.2 Å². The van der Waals surface area contributed by atoms with Gasteiger partial charge in [-0.05, 0) is 30.2 Å². The number of carbonyl (C=O) groups excluding carboxylic acids is 3. The Kier molecular flexibility index (Phi) is 7.55. The number of anilines is 1. The molecule has 30 heavy (non-hydrogen) atoms. The highest BCUT2D eigenvalue weighted by atomic mass is 35.5. The van der Waals surface area contributed by atoms with E-state index in [1.54, 1.807) is 26.0 Å². The van der Waals surface area contributed by atoms with E-state index in [0.29, 0.717) is 6.07 Å². The predicted octanol–water partition coefficient (Wildman–Crippen LogP) is 3.67. The summed E-state index contributed by atoms with van der Waals surface area (Å²) < 4.78 is 39.0. The molecule has 2 unspecified atom stereocenters. The Labute approximate surface area is 175 Å². The summed E-state index contributed by atoms with van der Waals surface area (Å²) in [6.45, 7) is 3.32. The van der Waals surface area contributed by atoms with Crippen molar-refractivity contribution in [1.29, 1.82) is 0 Å². The Morgan fingerprint density at radius 3 is 2.30 bits per heavy atom. The van der Waals surface area contributed by atoms with Crippen molar-refractivity contribution in [2.24, 2.45) is 5.92 Å². The number of ketones is 1. The van der Waals surface area contributed by atoms with Crippen LogP contribution >= 0.6 is 11.6 Å². The molecule has 1 heterocycles. The summed E-state index contributed by atoms with van der Waals surface area (Å²) in [5.41, 5.74) is -1.44. The molecule has 2 rings (SSSR count). The molecule has 0 aliphatic rings. The highest BCUT2D eigenvalue weighted by Crippen LogP contribution is 2.29. The van der Waals surface area contributed by atoms with E-state index >= 15 is 0 Å². The number of hydrogen-bond donors (Lipinski definition) is 2. The van der Waals surface area contributed by atoms with Crippen LogP contribution in [0.3, 0.4) is 0 Å². The number of pyridine rings is 1. The molecule has 1 aromatic carbocycles. The molecule has 6 nitrogen and oxygen atoms in total. The number of Topliss-reactive ketones (excluding diaryl/α,β-unsaturated/α-hetero) is 1. The zero-order valence-corrected chi connectivity index (χ0v) is 16.8. The van der Waals surface area contributed by atoms with E-state index in [-0.39, 0.29) is 17.3 Å². The van der Waals surface area contributed by atoms with Gasteiger partial charge in [-0.25, -0.2) is 4.98 Å². The van der Waals surface area contributed by atoms with Crippen molar-refractivity contribution in [2.75, 3.05) is 5.32 Å². The second-order valence-corrected chi connectivity index (χ2v) is 7.20. The maximum atomic E-state index is 13.0. The first-order chi connectivity index (χ1) is 14.0. The molecule has 0 radical (unpaired) electrons. The van der Waals surface area contributed by atoms with Crippen LogP contribution in [0.15, 0.2) is 48.7 Å². The average molecular weight is 442 g/mol. The maximum absolute atomic E-state index is 13.0. The molecule has 10 heteroatoms. The molecule has 1 aromatic heterocycles. The van der Waals surface area contributed by atoms with Crippen LogP contribution in [0, 0.1) is 5.92 Å². The number of aromatic nitrogens is 1. The van der Waals surface area contributed by atoms with Crippen LogP contribution in [0.2, 0.25) is 0 Å². The second kappa shape index (κ2) is 9.71. The SMILES string of the molecule is CC(C)C(Cl)C(=O)NC(C(=O)Nc1ccccn1)C(=O)c1cccc(C(F)(F)F)c1. The molecule has 0 saturated carbocycles. The molecule has 0 saturated heterocycles. The van der Waals surface area contributed by atoms with Crippen LogP contribution in [0.4, 0.5) is 19.0 Å². The maximum Gasteiger partial charge on any atom is 0.416 e. The fraction of sp³-hybridized carbons (Fsp3) is 0.300. The van der Waals surface area contributed by atoms with Gasteiger partial charge in [-0.3, -0.25) is 14.4 Å². The van der Waals surface area contributed by atoms with Crippen molar-refractivity contribution in [2.45, 2.75) is 31.4 Å². The summed E-state index contributed by atoms with van der Waals surface area (Å²) in [7, 11) is 0. The second-order valence-electron chi connectivity index (χ2n) is 6.73. The molecule has 2 aromatic rings.